The topological polar surface area (TPSA) is 61.4 Å². The molecular formula is C40H47N3O2. The maximum atomic E-state index is 13.5. The number of piperidine rings is 1. The Kier molecular flexibility index (Phi) is 12.0. The quantitative estimate of drug-likeness (QED) is 0.113. The van der Waals surface area contributed by atoms with E-state index in [4.69, 9.17) is 0 Å². The molecule has 1 unspecified atom stereocenters. The number of carbonyl (C=O) groups is 2. The number of hydrogen-bond donors (Lipinski definition) is 2. The normalized spacial score (nSPS) is 15.3. The van der Waals surface area contributed by atoms with E-state index >= 15 is 0 Å². The van der Waals surface area contributed by atoms with Gasteiger partial charge >= 0.3 is 0 Å². The molecule has 2 amide bonds. The molecule has 0 saturated carbocycles. The molecule has 0 aromatic heterocycles. The lowest BCUT2D eigenvalue weighted by atomic mass is 9.67. The molecule has 0 bridgehead atoms. The van der Waals surface area contributed by atoms with Crippen LogP contribution in [-0.4, -0.2) is 42.9 Å². The SMILES string of the molecule is O=C(CCCCCNC(=O)CC(c1ccccc1)(c1ccccc1)c1ccccc1)NCC1CCCN(Cc2ccccc2)C1. The number of benzene rings is 4. The van der Waals surface area contributed by atoms with Gasteiger partial charge in [0.05, 0.1) is 5.41 Å². The molecular weight excluding hydrogens is 554 g/mol. The third kappa shape index (κ3) is 9.15. The second-order valence-corrected chi connectivity index (χ2v) is 12.4. The highest BCUT2D eigenvalue weighted by Crippen LogP contribution is 2.42. The van der Waals surface area contributed by atoms with Crippen molar-refractivity contribution in [3.63, 3.8) is 0 Å². The van der Waals surface area contributed by atoms with Crippen molar-refractivity contribution in [1.82, 2.24) is 15.5 Å². The summed E-state index contributed by atoms with van der Waals surface area (Å²) in [6, 6.07) is 41.6. The molecule has 4 aromatic rings. The van der Waals surface area contributed by atoms with Crippen molar-refractivity contribution in [1.29, 1.82) is 0 Å². The molecule has 5 heteroatoms. The minimum Gasteiger partial charge on any atom is -0.356 e. The number of likely N-dealkylation sites (tertiary alicyclic amines) is 1. The first-order valence-corrected chi connectivity index (χ1v) is 16.6. The molecule has 1 fully saturated rings. The fourth-order valence-corrected chi connectivity index (χ4v) is 6.74. The van der Waals surface area contributed by atoms with E-state index in [1.165, 1.54) is 18.4 Å². The Balaban J connectivity index is 1.06. The monoisotopic (exact) mass is 601 g/mol. The first-order chi connectivity index (χ1) is 22.1. The van der Waals surface area contributed by atoms with Gasteiger partial charge in [-0.15, -0.1) is 0 Å². The standard InChI is InChI=1S/C40H47N3O2/c44-38(42-30-34-19-16-28-43(32-34)31-33-17-6-1-7-18-33)26-14-5-15-27-41-39(45)29-40(35-20-8-2-9-21-35,36-22-10-3-11-23-36)37-24-12-4-13-25-37/h1-4,6-13,17-18,20-25,34H,5,14-16,19,26-32H2,(H,41,45)(H,42,44). The molecule has 1 aliphatic rings. The highest BCUT2D eigenvalue weighted by Gasteiger charge is 2.38. The van der Waals surface area contributed by atoms with Gasteiger partial charge in [-0.1, -0.05) is 128 Å². The van der Waals surface area contributed by atoms with E-state index < -0.39 is 5.41 Å². The molecule has 5 nitrogen and oxygen atoms in total. The Morgan fingerprint density at radius 1 is 0.667 bits per heavy atom. The van der Waals surface area contributed by atoms with Gasteiger partial charge in [0, 0.05) is 39.0 Å². The molecule has 5 rings (SSSR count). The zero-order valence-corrected chi connectivity index (χ0v) is 26.4. The Labute approximate surface area is 269 Å². The van der Waals surface area contributed by atoms with Gasteiger partial charge in [-0.05, 0) is 60.4 Å². The van der Waals surface area contributed by atoms with Gasteiger partial charge in [0.2, 0.25) is 11.8 Å². The van der Waals surface area contributed by atoms with Crippen molar-refractivity contribution in [2.24, 2.45) is 5.92 Å². The largest absolute Gasteiger partial charge is 0.356 e. The zero-order valence-electron chi connectivity index (χ0n) is 26.4. The van der Waals surface area contributed by atoms with Gasteiger partial charge in [-0.2, -0.15) is 0 Å². The van der Waals surface area contributed by atoms with E-state index in [-0.39, 0.29) is 11.8 Å². The van der Waals surface area contributed by atoms with E-state index in [9.17, 15) is 9.59 Å². The molecule has 234 valence electrons. The molecule has 1 atom stereocenters. The zero-order chi connectivity index (χ0) is 31.2. The molecule has 0 aliphatic carbocycles. The van der Waals surface area contributed by atoms with Crippen LogP contribution >= 0.6 is 0 Å². The van der Waals surface area contributed by atoms with Crippen LogP contribution in [0, 0.1) is 5.92 Å². The molecule has 1 aliphatic heterocycles. The summed E-state index contributed by atoms with van der Waals surface area (Å²) in [7, 11) is 0. The summed E-state index contributed by atoms with van der Waals surface area (Å²) in [6.45, 7) is 4.50. The van der Waals surface area contributed by atoms with Crippen molar-refractivity contribution in [2.45, 2.75) is 56.9 Å². The maximum Gasteiger partial charge on any atom is 0.221 e. The summed E-state index contributed by atoms with van der Waals surface area (Å²) in [5, 5.41) is 6.36. The number of hydrogen-bond acceptors (Lipinski definition) is 3. The summed E-state index contributed by atoms with van der Waals surface area (Å²) >= 11 is 0. The third-order valence-electron chi connectivity index (χ3n) is 9.07. The number of nitrogens with zero attached hydrogens (tertiary/aromatic N) is 1. The van der Waals surface area contributed by atoms with E-state index in [0.717, 1.165) is 62.1 Å². The fraction of sp³-hybridized carbons (Fsp3) is 0.350. The Morgan fingerprint density at radius 2 is 1.22 bits per heavy atom. The van der Waals surface area contributed by atoms with Crippen LogP contribution in [-0.2, 0) is 21.5 Å². The van der Waals surface area contributed by atoms with Gasteiger partial charge in [0.1, 0.15) is 0 Å². The average Bonchev–Trinajstić information content (AvgIpc) is 3.09. The minimum atomic E-state index is -0.594. The van der Waals surface area contributed by atoms with E-state index in [1.54, 1.807) is 0 Å². The summed E-state index contributed by atoms with van der Waals surface area (Å²) < 4.78 is 0. The van der Waals surface area contributed by atoms with Crippen LogP contribution in [0.25, 0.3) is 0 Å². The highest BCUT2D eigenvalue weighted by atomic mass is 16.2. The molecule has 45 heavy (non-hydrogen) atoms. The molecule has 4 aromatic carbocycles. The van der Waals surface area contributed by atoms with Crippen LogP contribution in [0.15, 0.2) is 121 Å². The summed E-state index contributed by atoms with van der Waals surface area (Å²) in [4.78, 5) is 28.6. The van der Waals surface area contributed by atoms with Crippen LogP contribution in [0.2, 0.25) is 0 Å². The predicted octanol–water partition coefficient (Wildman–Crippen LogP) is 7.12. The second-order valence-electron chi connectivity index (χ2n) is 12.4. The molecule has 1 saturated heterocycles. The number of rotatable bonds is 15. The van der Waals surface area contributed by atoms with Crippen molar-refractivity contribution in [3.8, 4) is 0 Å². The second kappa shape index (κ2) is 16.7. The van der Waals surface area contributed by atoms with Crippen LogP contribution in [0.5, 0.6) is 0 Å². The highest BCUT2D eigenvalue weighted by molar-refractivity contribution is 5.80. The number of amides is 2. The summed E-state index contributed by atoms with van der Waals surface area (Å²) in [5.41, 5.74) is 4.05. The lowest BCUT2D eigenvalue weighted by Gasteiger charge is -2.35. The molecule has 0 spiro atoms. The first kappa shape index (κ1) is 32.2. The van der Waals surface area contributed by atoms with Crippen LogP contribution in [0.3, 0.4) is 0 Å². The summed E-state index contributed by atoms with van der Waals surface area (Å²) in [5.74, 6) is 0.673. The third-order valence-corrected chi connectivity index (χ3v) is 9.07. The van der Waals surface area contributed by atoms with E-state index in [0.29, 0.717) is 25.3 Å². The Bertz CT molecular complexity index is 1350. The van der Waals surface area contributed by atoms with Crippen molar-refractivity contribution < 1.29 is 9.59 Å². The van der Waals surface area contributed by atoms with Gasteiger partial charge < -0.3 is 10.6 Å². The fourth-order valence-electron chi connectivity index (χ4n) is 6.74. The number of nitrogens with one attached hydrogen (secondary N) is 2. The molecule has 1 heterocycles. The van der Waals surface area contributed by atoms with Gasteiger partial charge in [0.25, 0.3) is 0 Å². The van der Waals surface area contributed by atoms with Gasteiger partial charge in [-0.25, -0.2) is 0 Å². The number of unbranched alkanes of at least 4 members (excludes halogenated alkanes) is 2. The van der Waals surface area contributed by atoms with Crippen molar-refractivity contribution in [3.05, 3.63) is 144 Å². The van der Waals surface area contributed by atoms with Gasteiger partial charge in [0.15, 0.2) is 0 Å². The van der Waals surface area contributed by atoms with Crippen LogP contribution in [0.4, 0.5) is 0 Å². The van der Waals surface area contributed by atoms with Crippen LogP contribution in [0.1, 0.15) is 67.2 Å². The Hall–Kier alpha value is -4.22. The van der Waals surface area contributed by atoms with E-state index in [2.05, 4.69) is 82.3 Å². The lowest BCUT2D eigenvalue weighted by molar-refractivity contribution is -0.122. The first-order valence-electron chi connectivity index (χ1n) is 16.6. The maximum absolute atomic E-state index is 13.5. The summed E-state index contributed by atoms with van der Waals surface area (Å²) in [6.07, 6.45) is 5.79. The minimum absolute atomic E-state index is 0.0260. The van der Waals surface area contributed by atoms with Crippen LogP contribution < -0.4 is 10.6 Å². The lowest BCUT2D eigenvalue weighted by Crippen LogP contribution is -2.40. The van der Waals surface area contributed by atoms with Gasteiger partial charge in [-0.3, -0.25) is 14.5 Å². The molecule has 0 radical (unpaired) electrons. The average molecular weight is 602 g/mol. The van der Waals surface area contributed by atoms with Crippen molar-refractivity contribution in [2.75, 3.05) is 26.2 Å². The molecule has 2 N–H and O–H groups in total. The van der Waals surface area contributed by atoms with Crippen molar-refractivity contribution >= 4 is 11.8 Å². The smallest absolute Gasteiger partial charge is 0.221 e. The van der Waals surface area contributed by atoms with E-state index in [1.807, 2.05) is 54.6 Å². The predicted molar refractivity (Wildman–Crippen MR) is 183 cm³/mol. The number of carbonyl (C=O) groups excluding carboxylic acids is 2. The Morgan fingerprint density at radius 3 is 1.80 bits per heavy atom.